The Labute approximate surface area is 614 Å². The summed E-state index contributed by atoms with van der Waals surface area (Å²) in [5.41, 5.74) is 17.1. The monoisotopic (exact) mass is 1430 g/mol. The third-order valence-corrected chi connectivity index (χ3v) is 22.6. The predicted molar refractivity (Wildman–Crippen MR) is 413 cm³/mol. The van der Waals surface area contributed by atoms with Gasteiger partial charge in [-0.2, -0.15) is 0 Å². The molecule has 103 heavy (non-hydrogen) atoms. The van der Waals surface area contributed by atoms with Crippen molar-refractivity contribution >= 4 is 59.6 Å². The number of quaternary nitrogens is 1. The number of ketones is 2. The highest BCUT2D eigenvalue weighted by molar-refractivity contribution is 7.10. The summed E-state index contributed by atoms with van der Waals surface area (Å²) in [4.78, 5) is 81.5. The maximum absolute atomic E-state index is 14.1. The molecule has 5 N–H and O–H groups in total. The lowest BCUT2D eigenvalue weighted by atomic mass is 9.78. The van der Waals surface area contributed by atoms with Crippen molar-refractivity contribution in [1.29, 1.82) is 0 Å². The van der Waals surface area contributed by atoms with E-state index >= 15 is 0 Å². The van der Waals surface area contributed by atoms with Crippen LogP contribution in [-0.4, -0.2) is 149 Å². The molecule has 0 aliphatic heterocycles. The maximum atomic E-state index is 14.1. The molecular formula is C82H118N9O11Si+. The topological polar surface area (TPSA) is 281 Å². The minimum absolute atomic E-state index is 0.0121. The normalized spacial score (nSPS) is 14.3. The number of Topliss-reactive ketones (excluding diaryl/α,β-unsaturated/α-hetero) is 2. The molecule has 2 aliphatic rings. The van der Waals surface area contributed by atoms with Crippen molar-refractivity contribution in [3.05, 3.63) is 161 Å². The number of hydrogen-bond acceptors (Lipinski definition) is 15. The first-order valence-corrected chi connectivity index (χ1v) is 38.5. The van der Waals surface area contributed by atoms with Crippen molar-refractivity contribution in [2.75, 3.05) is 65.2 Å². The molecule has 20 nitrogen and oxygen atoms in total. The van der Waals surface area contributed by atoms with Crippen LogP contribution in [0.25, 0.3) is 10.4 Å². The van der Waals surface area contributed by atoms with Gasteiger partial charge in [-0.1, -0.05) is 173 Å². The van der Waals surface area contributed by atoms with Gasteiger partial charge in [0.2, 0.25) is 14.0 Å². The minimum Gasteiger partial charge on any atom is -0.488 e. The molecule has 3 atom stereocenters. The molecule has 0 saturated heterocycles. The number of carbonyl (C=O) groups excluding carboxylic acids is 4. The van der Waals surface area contributed by atoms with E-state index in [-0.39, 0.29) is 73.6 Å². The summed E-state index contributed by atoms with van der Waals surface area (Å²) in [5.74, 6) is 0.301. The van der Waals surface area contributed by atoms with Crippen molar-refractivity contribution in [1.82, 2.24) is 10.3 Å². The van der Waals surface area contributed by atoms with Crippen LogP contribution in [0.1, 0.15) is 177 Å². The van der Waals surface area contributed by atoms with Gasteiger partial charge >= 0.3 is 11.9 Å². The Kier molecular flexibility index (Phi) is 38.7. The number of hydrogen-bond donors (Lipinski definition) is 3. The lowest BCUT2D eigenvalue weighted by molar-refractivity contribution is -0.403. The fraction of sp³-hybridized carbons (Fsp3) is 0.549. The maximum Gasteiger partial charge on any atom is 0.329 e. The highest BCUT2D eigenvalue weighted by Crippen LogP contribution is 2.36. The number of aliphatic carboxylic acids is 1. The first-order chi connectivity index (χ1) is 48.9. The molecule has 4 aromatic carbocycles. The molecule has 7 rings (SSSR count). The van der Waals surface area contributed by atoms with E-state index in [1.807, 2.05) is 132 Å². The van der Waals surface area contributed by atoms with Crippen LogP contribution in [0, 0.1) is 23.3 Å². The number of carbonyl (C=O) groups is 5. The van der Waals surface area contributed by atoms with E-state index in [4.69, 9.17) is 34.3 Å². The standard InChI is InChI=1S/C37H53N5O6.C25H32O5Si.C13H22N2.C7H10N2/c1-35(2,3)47-28-18-16-26(17-19-28)21-27(23-32(44)30(38)24-33(45)48-36(4,5)6)34(46)41-37(7,8)29(22-25-13-10-9-11-14-25)31(43)15-12-20-40-42-39;1-25(2,3)31(22-11-6-4-7-12-22,23-13-8-5-9-14-23)20-10-15-28-16-17-29-18-19-30-21-24(26)27;1-3-7-12(8-4-1)14-11-15-13-9-5-2-6-10-13;1-9(2)7-3-5-8-6-4-7/h9-11,13-14,16-19,27,29-30H,12,15,20-24,38H2,1-8H3,(H,41,46);4-9,11-14H,15-19,21H2,1-3H3,(H,26,27);12-13H,1-10H2;3-6H,1-2H3/p+1/t27-,29+,30+;;;/m1.../s1. The van der Waals surface area contributed by atoms with Crippen molar-refractivity contribution in [3.63, 3.8) is 0 Å². The average molecular weight is 1430 g/mol. The van der Waals surface area contributed by atoms with Crippen molar-refractivity contribution in [2.45, 2.75) is 219 Å². The van der Waals surface area contributed by atoms with Gasteiger partial charge in [0.1, 0.15) is 42.4 Å². The van der Waals surface area contributed by atoms with Crippen LogP contribution in [0.3, 0.4) is 0 Å². The number of nitrogens with one attached hydrogen (secondary N) is 1. The molecule has 0 bridgehead atoms. The molecule has 2 saturated carbocycles. The second-order valence-electron chi connectivity index (χ2n) is 30.1. The number of amides is 1. The highest BCUT2D eigenvalue weighted by Gasteiger charge is 2.47. The summed E-state index contributed by atoms with van der Waals surface area (Å²) < 4.78 is 27.3. The van der Waals surface area contributed by atoms with Gasteiger partial charge < -0.3 is 44.7 Å². The molecule has 2 fully saturated rings. The minimum atomic E-state index is -2.39. The molecule has 560 valence electrons. The van der Waals surface area contributed by atoms with E-state index in [1.165, 1.54) is 80.3 Å². The van der Waals surface area contributed by atoms with E-state index in [0.29, 0.717) is 57.1 Å². The smallest absolute Gasteiger partial charge is 0.329 e. The van der Waals surface area contributed by atoms with Crippen molar-refractivity contribution < 1.29 is 58.5 Å². The van der Waals surface area contributed by atoms with Crippen LogP contribution in [0.15, 0.2) is 155 Å². The van der Waals surface area contributed by atoms with E-state index in [9.17, 15) is 24.0 Å². The summed E-state index contributed by atoms with van der Waals surface area (Å²) in [6, 6.07) is 45.3. The van der Waals surface area contributed by atoms with Gasteiger partial charge in [0.15, 0.2) is 11.8 Å². The quantitative estimate of drug-likeness (QED) is 0.00528. The number of benzene rings is 4. The number of nitrogens with zero attached hydrogens (tertiary/aromatic N) is 7. The molecule has 0 radical (unpaired) electrons. The molecule has 5 aromatic rings. The number of pyridine rings is 1. The molecule has 1 amide bonds. The van der Waals surface area contributed by atoms with Gasteiger partial charge in [-0.25, -0.2) is 14.8 Å². The lowest BCUT2D eigenvalue weighted by Gasteiger charge is -2.39. The molecular weight excluding hydrogens is 1320 g/mol. The second-order valence-corrected chi connectivity index (χ2v) is 34.5. The Morgan fingerprint density at radius 3 is 1.66 bits per heavy atom. The van der Waals surface area contributed by atoms with E-state index < -0.39 is 49.0 Å². The molecule has 2 aliphatic carbocycles. The number of carboxylic acids is 1. The van der Waals surface area contributed by atoms with E-state index in [1.54, 1.807) is 33.2 Å². The number of carboxylic acid groups (broad SMARTS) is 1. The summed E-state index contributed by atoms with van der Waals surface area (Å²) in [5, 5.41) is 17.7. The van der Waals surface area contributed by atoms with Gasteiger partial charge in [-0.3, -0.25) is 24.2 Å². The van der Waals surface area contributed by atoms with Crippen LogP contribution in [0.5, 0.6) is 5.75 Å². The van der Waals surface area contributed by atoms with Gasteiger partial charge in [-0.15, -0.1) is 5.54 Å². The van der Waals surface area contributed by atoms with Gasteiger partial charge in [-0.05, 0) is 157 Å². The third kappa shape index (κ3) is 34.7. The zero-order chi connectivity index (χ0) is 75.7. The van der Waals surface area contributed by atoms with E-state index in [2.05, 4.69) is 123 Å². The zero-order valence-electron chi connectivity index (χ0n) is 63.8. The Bertz CT molecular complexity index is 3410. The van der Waals surface area contributed by atoms with Crippen LogP contribution >= 0.6 is 0 Å². The second kappa shape index (κ2) is 45.7. The van der Waals surface area contributed by atoms with Crippen LogP contribution in [0.4, 0.5) is 5.69 Å². The molecule has 0 spiro atoms. The number of azide groups is 1. The predicted octanol–water partition coefficient (Wildman–Crippen LogP) is 13.4. The summed E-state index contributed by atoms with van der Waals surface area (Å²) in [7, 11) is 1.63. The fourth-order valence-corrected chi connectivity index (χ4v) is 16.6. The molecule has 1 heterocycles. The number of esters is 1. The number of anilines is 1. The fourth-order valence-electron chi connectivity index (χ4n) is 12.2. The lowest BCUT2D eigenvalue weighted by Crippen LogP contribution is -2.66. The molecule has 0 unspecified atom stereocenters. The van der Waals surface area contributed by atoms with Crippen LogP contribution < -0.4 is 31.1 Å². The van der Waals surface area contributed by atoms with Crippen LogP contribution in [0.2, 0.25) is 5.04 Å². The van der Waals surface area contributed by atoms with Gasteiger partial charge in [0.05, 0.1) is 44.5 Å². The molecule has 1 aromatic heterocycles. The SMILES string of the molecule is C(=NC1CCCCC1)=NC1CCCCC1.CC(C)(C)OC(=O)C[C@H]([NH3+])C(=O)C[C@@H](Cc1ccc(OC(C)(C)C)cc1)C(=O)NC(C)(C)[C@@H](Cc1ccccc1)C(=O)CCCN=[N+]=[N-].CC(C)(C)[Si](C#CCOCCOCCOCC(=O)O)(c1ccccc1)c1ccccc1.CN(C)c1ccncc1. The van der Waals surface area contributed by atoms with Gasteiger partial charge in [0, 0.05) is 73.8 Å². The Morgan fingerprint density at radius 1 is 0.660 bits per heavy atom. The van der Waals surface area contributed by atoms with E-state index in [0.717, 1.165) is 11.1 Å². The Balaban J connectivity index is 0.000000342. The van der Waals surface area contributed by atoms with Crippen LogP contribution in [-0.2, 0) is 55.8 Å². The highest BCUT2D eigenvalue weighted by atomic mass is 28.3. The largest absolute Gasteiger partial charge is 0.488 e. The van der Waals surface area contributed by atoms with Gasteiger partial charge in [0.25, 0.3) is 0 Å². The Morgan fingerprint density at radius 2 is 1.17 bits per heavy atom. The average Bonchev–Trinajstić information content (AvgIpc) is 0.749. The van der Waals surface area contributed by atoms with Crippen molar-refractivity contribution in [3.8, 4) is 17.2 Å². The Hall–Kier alpha value is -8.31. The number of aromatic nitrogens is 1. The summed E-state index contributed by atoms with van der Waals surface area (Å²) in [6.45, 7) is 23.2. The first kappa shape index (κ1) is 87.1. The molecule has 21 heteroatoms. The summed E-state index contributed by atoms with van der Waals surface area (Å²) >= 11 is 0. The zero-order valence-corrected chi connectivity index (χ0v) is 64.8. The number of ether oxygens (including phenoxy) is 5. The number of rotatable bonds is 32. The summed E-state index contributed by atoms with van der Waals surface area (Å²) in [6.07, 6.45) is 17.7. The van der Waals surface area contributed by atoms with Crippen molar-refractivity contribution in [2.24, 2.45) is 26.9 Å². The third-order valence-electron chi connectivity index (χ3n) is 17.4. The first-order valence-electron chi connectivity index (χ1n) is 36.5. The number of aliphatic imine (C=N–C) groups is 2.